The minimum Gasteiger partial charge on any atom is -0.346 e. The smallest absolute Gasteiger partial charge is 0.263 e. The summed E-state index contributed by atoms with van der Waals surface area (Å²) >= 11 is 0. The summed E-state index contributed by atoms with van der Waals surface area (Å²) in [7, 11) is 5.46. The van der Waals surface area contributed by atoms with Crippen LogP contribution in [0, 0.1) is 5.82 Å². The molecular weight excluding hydrogens is 303 g/mol. The summed E-state index contributed by atoms with van der Waals surface area (Å²) in [6.45, 7) is 1.52. The molecule has 0 aliphatic carbocycles. The van der Waals surface area contributed by atoms with Gasteiger partial charge in [-0.1, -0.05) is 0 Å². The van der Waals surface area contributed by atoms with Crippen molar-refractivity contribution in [1.29, 1.82) is 0 Å². The Morgan fingerprint density at radius 3 is 2.65 bits per heavy atom. The number of aryl methyl sites for hydroxylation is 1. The van der Waals surface area contributed by atoms with Gasteiger partial charge in [-0.25, -0.2) is 12.8 Å². The van der Waals surface area contributed by atoms with E-state index in [0.29, 0.717) is 17.4 Å². The molecule has 0 amide bonds. The van der Waals surface area contributed by atoms with Gasteiger partial charge in [0, 0.05) is 34.3 Å². The van der Waals surface area contributed by atoms with E-state index in [2.05, 4.69) is 0 Å². The first kappa shape index (κ1) is 15.3. The second-order valence-corrected chi connectivity index (χ2v) is 7.48. The van der Waals surface area contributed by atoms with Crippen LogP contribution in [0.15, 0.2) is 29.3 Å². The van der Waals surface area contributed by atoms with E-state index in [4.69, 9.17) is 10.7 Å². The lowest BCUT2D eigenvalue weighted by Gasteiger charge is -2.10. The van der Waals surface area contributed by atoms with E-state index in [1.807, 2.05) is 19.0 Å². The average molecular weight is 319 g/mol. The molecule has 110 valence electrons. The zero-order chi connectivity index (χ0) is 14.9. The molecule has 4 nitrogen and oxygen atoms in total. The molecule has 1 aromatic carbocycles. The number of hydrogen-bond donors (Lipinski definition) is 0. The zero-order valence-corrected chi connectivity index (χ0v) is 12.9. The Balaban J connectivity index is 2.45. The lowest BCUT2D eigenvalue weighted by Crippen LogP contribution is -2.14. The highest BCUT2D eigenvalue weighted by molar-refractivity contribution is 8.14. The molecule has 0 fully saturated rings. The van der Waals surface area contributed by atoms with Gasteiger partial charge >= 0.3 is 0 Å². The van der Waals surface area contributed by atoms with Crippen molar-refractivity contribution in [2.75, 3.05) is 20.6 Å². The van der Waals surface area contributed by atoms with Gasteiger partial charge in [0.05, 0.1) is 0 Å². The molecule has 0 aliphatic heterocycles. The molecule has 2 rings (SSSR count). The Bertz CT molecular complexity index is 725. The third-order valence-electron chi connectivity index (χ3n) is 3.07. The summed E-state index contributed by atoms with van der Waals surface area (Å²) in [5, 5.41) is 0.324. The topological polar surface area (TPSA) is 42.3 Å². The van der Waals surface area contributed by atoms with E-state index in [-0.39, 0.29) is 4.90 Å². The quantitative estimate of drug-likeness (QED) is 0.796. The van der Waals surface area contributed by atoms with Crippen LogP contribution in [0.2, 0.25) is 0 Å². The lowest BCUT2D eigenvalue weighted by molar-refractivity contribution is 0.388. The van der Waals surface area contributed by atoms with Gasteiger partial charge in [0.2, 0.25) is 0 Å². The van der Waals surface area contributed by atoms with E-state index >= 15 is 0 Å². The zero-order valence-electron chi connectivity index (χ0n) is 11.3. The first-order valence-electron chi connectivity index (χ1n) is 6.17. The number of hydrogen-bond acceptors (Lipinski definition) is 3. The summed E-state index contributed by atoms with van der Waals surface area (Å²) in [5.41, 5.74) is 0.671. The van der Waals surface area contributed by atoms with Crippen LogP contribution in [0.5, 0.6) is 0 Å². The molecule has 0 atom stereocenters. The van der Waals surface area contributed by atoms with Crippen LogP contribution in [0.1, 0.15) is 6.42 Å². The van der Waals surface area contributed by atoms with Crippen molar-refractivity contribution in [2.45, 2.75) is 17.9 Å². The molecule has 20 heavy (non-hydrogen) atoms. The maximum Gasteiger partial charge on any atom is 0.263 e. The molecule has 0 spiro atoms. The Morgan fingerprint density at radius 1 is 1.35 bits per heavy atom. The number of fused-ring (bicyclic) bond motifs is 1. The third-order valence-corrected chi connectivity index (χ3v) is 4.42. The van der Waals surface area contributed by atoms with Crippen molar-refractivity contribution >= 4 is 30.6 Å². The Morgan fingerprint density at radius 2 is 2.05 bits per heavy atom. The van der Waals surface area contributed by atoms with Gasteiger partial charge in [-0.2, -0.15) is 0 Å². The summed E-state index contributed by atoms with van der Waals surface area (Å²) in [4.78, 5) is 2.00. The molecule has 1 heterocycles. The summed E-state index contributed by atoms with van der Waals surface area (Å²) in [6.07, 6.45) is 2.33. The average Bonchev–Trinajstić information content (AvgIpc) is 2.66. The Labute approximate surface area is 122 Å². The second kappa shape index (κ2) is 5.71. The van der Waals surface area contributed by atoms with E-state index in [9.17, 15) is 12.8 Å². The number of halogens is 2. The van der Waals surface area contributed by atoms with Crippen molar-refractivity contribution in [2.24, 2.45) is 0 Å². The SMILES string of the molecule is CN(C)CCCn1cc(S(=O)(=O)Cl)c2cc(F)ccc21. The maximum absolute atomic E-state index is 13.3. The minimum atomic E-state index is -3.89. The maximum atomic E-state index is 13.3. The van der Waals surface area contributed by atoms with E-state index in [1.54, 1.807) is 10.6 Å². The van der Waals surface area contributed by atoms with Crippen molar-refractivity contribution in [1.82, 2.24) is 9.47 Å². The number of nitrogens with zero attached hydrogens (tertiary/aromatic N) is 2. The highest BCUT2D eigenvalue weighted by Crippen LogP contribution is 2.28. The molecule has 1 aromatic heterocycles. The molecule has 0 radical (unpaired) electrons. The fourth-order valence-electron chi connectivity index (χ4n) is 2.17. The summed E-state index contributed by atoms with van der Waals surface area (Å²) in [6, 6.07) is 4.09. The normalized spacial score (nSPS) is 12.4. The van der Waals surface area contributed by atoms with Crippen molar-refractivity contribution in [3.05, 3.63) is 30.2 Å². The van der Waals surface area contributed by atoms with Crippen LogP contribution in [0.3, 0.4) is 0 Å². The monoisotopic (exact) mass is 318 g/mol. The molecule has 0 saturated carbocycles. The second-order valence-electron chi connectivity index (χ2n) is 4.94. The van der Waals surface area contributed by atoms with Gasteiger partial charge in [0.25, 0.3) is 9.05 Å². The van der Waals surface area contributed by atoms with Gasteiger partial charge in [-0.3, -0.25) is 0 Å². The minimum absolute atomic E-state index is 0.0430. The lowest BCUT2D eigenvalue weighted by atomic mass is 10.2. The predicted octanol–water partition coefficient (Wildman–Crippen LogP) is 2.66. The predicted molar refractivity (Wildman–Crippen MR) is 78.1 cm³/mol. The first-order valence-corrected chi connectivity index (χ1v) is 8.48. The van der Waals surface area contributed by atoms with Crippen molar-refractivity contribution in [3.63, 3.8) is 0 Å². The van der Waals surface area contributed by atoms with Crippen LogP contribution < -0.4 is 0 Å². The van der Waals surface area contributed by atoms with Crippen LogP contribution in [-0.2, 0) is 15.6 Å². The fourth-order valence-corrected chi connectivity index (χ4v) is 3.22. The molecule has 0 aliphatic rings. The van der Waals surface area contributed by atoms with Crippen LogP contribution in [0.25, 0.3) is 10.9 Å². The van der Waals surface area contributed by atoms with Crippen molar-refractivity contribution < 1.29 is 12.8 Å². The number of aromatic nitrogens is 1. The van der Waals surface area contributed by atoms with Gasteiger partial charge in [0.15, 0.2) is 0 Å². The van der Waals surface area contributed by atoms with Gasteiger partial charge in [0.1, 0.15) is 10.7 Å². The van der Waals surface area contributed by atoms with E-state index in [1.165, 1.54) is 18.3 Å². The highest BCUT2D eigenvalue weighted by atomic mass is 35.7. The third kappa shape index (κ3) is 3.31. The molecule has 0 saturated heterocycles. The Kier molecular flexibility index (Phi) is 4.36. The van der Waals surface area contributed by atoms with Crippen LogP contribution in [0.4, 0.5) is 4.39 Å². The molecular formula is C13H16ClFN2O2S. The van der Waals surface area contributed by atoms with E-state index < -0.39 is 14.9 Å². The van der Waals surface area contributed by atoms with Gasteiger partial charge in [-0.15, -0.1) is 0 Å². The Hall–Kier alpha value is -1.11. The largest absolute Gasteiger partial charge is 0.346 e. The highest BCUT2D eigenvalue weighted by Gasteiger charge is 2.19. The standard InChI is InChI=1S/C13H16ClFN2O2S/c1-16(2)6-3-7-17-9-13(20(14,18)19)11-8-10(15)4-5-12(11)17/h4-5,8-9H,3,6-7H2,1-2H3. The molecule has 0 bridgehead atoms. The van der Waals surface area contributed by atoms with Crippen LogP contribution >= 0.6 is 10.7 Å². The fraction of sp³-hybridized carbons (Fsp3) is 0.385. The van der Waals surface area contributed by atoms with Crippen LogP contribution in [-0.4, -0.2) is 38.5 Å². The summed E-state index contributed by atoms with van der Waals surface area (Å²) < 4.78 is 38.3. The van der Waals surface area contributed by atoms with Gasteiger partial charge < -0.3 is 9.47 Å². The number of benzene rings is 1. The molecule has 0 N–H and O–H groups in total. The van der Waals surface area contributed by atoms with Crippen molar-refractivity contribution in [3.8, 4) is 0 Å². The van der Waals surface area contributed by atoms with Gasteiger partial charge in [-0.05, 0) is 45.3 Å². The molecule has 0 unspecified atom stereocenters. The molecule has 7 heteroatoms. The number of rotatable bonds is 5. The van der Waals surface area contributed by atoms with E-state index in [0.717, 1.165) is 13.0 Å². The summed E-state index contributed by atoms with van der Waals surface area (Å²) in [5.74, 6) is -0.481. The molecule has 2 aromatic rings. The first-order chi connectivity index (χ1) is 9.29.